The van der Waals surface area contributed by atoms with E-state index >= 15 is 0 Å². The molecule has 0 bridgehead atoms. The molecule has 0 N–H and O–H groups in total. The van der Waals surface area contributed by atoms with Crippen LogP contribution in [0.3, 0.4) is 0 Å². The lowest BCUT2D eigenvalue weighted by molar-refractivity contribution is -0.120. The topological polar surface area (TPSA) is 17.1 Å². The molecule has 0 heterocycles. The van der Waals surface area contributed by atoms with E-state index in [1.807, 2.05) is 13.0 Å². The summed E-state index contributed by atoms with van der Waals surface area (Å²) in [6.45, 7) is 6.33. The van der Waals surface area contributed by atoms with E-state index in [4.69, 9.17) is 0 Å². The van der Waals surface area contributed by atoms with Crippen LogP contribution < -0.4 is 0 Å². The van der Waals surface area contributed by atoms with Crippen LogP contribution in [0.1, 0.15) is 52.9 Å². The second-order valence-corrected chi connectivity index (χ2v) is 4.49. The van der Waals surface area contributed by atoms with Crippen molar-refractivity contribution in [1.29, 1.82) is 0 Å². The van der Waals surface area contributed by atoms with Gasteiger partial charge in [-0.15, -0.1) is 0 Å². The summed E-state index contributed by atoms with van der Waals surface area (Å²) in [7, 11) is 0. The van der Waals surface area contributed by atoms with Crippen LogP contribution in [-0.4, -0.2) is 5.78 Å². The highest BCUT2D eigenvalue weighted by molar-refractivity contribution is 5.97. The molecule has 1 aliphatic rings. The monoisotopic (exact) mass is 194 g/mol. The summed E-state index contributed by atoms with van der Waals surface area (Å²) in [5, 5.41) is 0. The number of hydrogen-bond acceptors (Lipinski definition) is 1. The molecule has 1 nitrogen and oxygen atoms in total. The third kappa shape index (κ3) is 2.70. The summed E-state index contributed by atoms with van der Waals surface area (Å²) in [4.78, 5) is 12.0. The van der Waals surface area contributed by atoms with E-state index in [0.29, 0.717) is 11.7 Å². The van der Waals surface area contributed by atoms with E-state index in [2.05, 4.69) is 13.8 Å². The molecule has 80 valence electrons. The van der Waals surface area contributed by atoms with Gasteiger partial charge in [0.25, 0.3) is 0 Å². The summed E-state index contributed by atoms with van der Waals surface area (Å²) in [5.74, 6) is 1.58. The van der Waals surface area contributed by atoms with Crippen LogP contribution >= 0.6 is 0 Å². The van der Waals surface area contributed by atoms with Crippen molar-refractivity contribution in [3.8, 4) is 0 Å². The lowest BCUT2D eigenvalue weighted by Crippen LogP contribution is -2.22. The van der Waals surface area contributed by atoms with Crippen LogP contribution in [0.25, 0.3) is 0 Å². The van der Waals surface area contributed by atoms with E-state index in [-0.39, 0.29) is 0 Å². The zero-order chi connectivity index (χ0) is 10.6. The van der Waals surface area contributed by atoms with Gasteiger partial charge in [0.05, 0.1) is 0 Å². The van der Waals surface area contributed by atoms with Gasteiger partial charge in [0.1, 0.15) is 0 Å². The number of carbonyl (C=O) groups is 1. The zero-order valence-electron chi connectivity index (χ0n) is 9.68. The molecule has 0 aromatic rings. The maximum Gasteiger partial charge on any atom is 0.161 e. The van der Waals surface area contributed by atoms with Gasteiger partial charge in [-0.1, -0.05) is 32.8 Å². The summed E-state index contributed by atoms with van der Waals surface area (Å²) in [5.41, 5.74) is 1.03. The fraction of sp³-hybridized carbons (Fsp3) is 0.769. The smallest absolute Gasteiger partial charge is 0.161 e. The van der Waals surface area contributed by atoms with E-state index in [0.717, 1.165) is 30.8 Å². The summed E-state index contributed by atoms with van der Waals surface area (Å²) in [6.07, 6.45) is 7.56. The minimum absolute atomic E-state index is 0.331. The lowest BCUT2D eigenvalue weighted by atomic mass is 9.79. The number of Topliss-reactive ketones (excluding diaryl/α,β-unsaturated/α-hetero) is 1. The molecule has 0 radical (unpaired) electrons. The number of allylic oxidation sites excluding steroid dienone is 2. The largest absolute Gasteiger partial charge is 0.294 e. The molecule has 0 spiro atoms. The predicted octanol–water partition coefficient (Wildman–Crippen LogP) is 3.74. The molecule has 14 heavy (non-hydrogen) atoms. The molecule has 0 saturated heterocycles. The highest BCUT2D eigenvalue weighted by Crippen LogP contribution is 2.30. The van der Waals surface area contributed by atoms with Crippen LogP contribution in [0, 0.1) is 11.8 Å². The molecule has 1 fully saturated rings. The molecule has 0 unspecified atom stereocenters. The summed E-state index contributed by atoms with van der Waals surface area (Å²) < 4.78 is 0. The second-order valence-electron chi connectivity index (χ2n) is 4.49. The molecule has 0 aliphatic heterocycles. The Kier molecular flexibility index (Phi) is 4.37. The fourth-order valence-corrected chi connectivity index (χ4v) is 2.31. The van der Waals surface area contributed by atoms with Crippen molar-refractivity contribution in [2.75, 3.05) is 0 Å². The third-order valence-corrected chi connectivity index (χ3v) is 3.43. The van der Waals surface area contributed by atoms with Crippen LogP contribution in [0.4, 0.5) is 0 Å². The van der Waals surface area contributed by atoms with Gasteiger partial charge in [0.2, 0.25) is 0 Å². The quantitative estimate of drug-likeness (QED) is 0.625. The average Bonchev–Trinajstić information content (AvgIpc) is 2.20. The first-order chi connectivity index (χ1) is 6.69. The van der Waals surface area contributed by atoms with E-state index in [1.54, 1.807) is 0 Å². The molecular weight excluding hydrogens is 172 g/mol. The minimum Gasteiger partial charge on any atom is -0.294 e. The van der Waals surface area contributed by atoms with Gasteiger partial charge in [-0.2, -0.15) is 0 Å². The zero-order valence-corrected chi connectivity index (χ0v) is 9.68. The van der Waals surface area contributed by atoms with Crippen molar-refractivity contribution in [3.63, 3.8) is 0 Å². The summed E-state index contributed by atoms with van der Waals surface area (Å²) in [6, 6.07) is 0. The van der Waals surface area contributed by atoms with Crippen molar-refractivity contribution < 1.29 is 4.79 Å². The molecular formula is C13H22O. The minimum atomic E-state index is 0.331. The Labute approximate surface area is 87.6 Å². The van der Waals surface area contributed by atoms with Crippen molar-refractivity contribution in [2.24, 2.45) is 11.8 Å². The van der Waals surface area contributed by atoms with Crippen molar-refractivity contribution in [3.05, 3.63) is 11.6 Å². The Morgan fingerprint density at radius 1 is 1.29 bits per heavy atom. The number of ketones is 1. The van der Waals surface area contributed by atoms with Crippen molar-refractivity contribution >= 4 is 5.78 Å². The molecule has 0 amide bonds. The first kappa shape index (κ1) is 11.5. The van der Waals surface area contributed by atoms with Gasteiger partial charge in [-0.05, 0) is 37.7 Å². The Hall–Kier alpha value is -0.590. The Balaban J connectivity index is 2.53. The fourth-order valence-electron chi connectivity index (χ4n) is 2.31. The van der Waals surface area contributed by atoms with Crippen LogP contribution in [0.15, 0.2) is 11.6 Å². The maximum absolute atomic E-state index is 12.0. The standard InChI is InChI=1S/C13H22O/c1-4-11(5-2)13(14)12-8-6-10(3)7-9-12/h4,10,12H,5-9H2,1-3H3/b11-4-. The van der Waals surface area contributed by atoms with E-state index in [1.165, 1.54) is 12.8 Å². The lowest BCUT2D eigenvalue weighted by Gasteiger charge is -2.25. The van der Waals surface area contributed by atoms with Crippen molar-refractivity contribution in [2.45, 2.75) is 52.9 Å². The molecule has 0 aromatic heterocycles. The van der Waals surface area contributed by atoms with Gasteiger partial charge in [-0.25, -0.2) is 0 Å². The molecule has 1 rings (SSSR count). The molecule has 1 saturated carbocycles. The molecule has 1 heteroatoms. The highest BCUT2D eigenvalue weighted by Gasteiger charge is 2.25. The average molecular weight is 194 g/mol. The normalized spacial score (nSPS) is 28.9. The molecule has 0 aromatic carbocycles. The third-order valence-electron chi connectivity index (χ3n) is 3.43. The first-order valence-electron chi connectivity index (χ1n) is 5.88. The van der Waals surface area contributed by atoms with Gasteiger partial charge >= 0.3 is 0 Å². The first-order valence-corrected chi connectivity index (χ1v) is 5.88. The van der Waals surface area contributed by atoms with Crippen LogP contribution in [0.5, 0.6) is 0 Å². The SMILES string of the molecule is C/C=C(/CC)C(=O)C1CCC(C)CC1. The van der Waals surface area contributed by atoms with Crippen LogP contribution in [-0.2, 0) is 4.79 Å². The maximum atomic E-state index is 12.0. The van der Waals surface area contributed by atoms with Gasteiger partial charge in [0, 0.05) is 5.92 Å². The van der Waals surface area contributed by atoms with Gasteiger partial charge < -0.3 is 0 Å². The molecule has 0 atom stereocenters. The van der Waals surface area contributed by atoms with Crippen molar-refractivity contribution in [1.82, 2.24) is 0 Å². The Morgan fingerprint density at radius 2 is 1.86 bits per heavy atom. The summed E-state index contributed by atoms with van der Waals surface area (Å²) >= 11 is 0. The van der Waals surface area contributed by atoms with E-state index < -0.39 is 0 Å². The second kappa shape index (κ2) is 5.33. The van der Waals surface area contributed by atoms with Crippen LogP contribution in [0.2, 0.25) is 0 Å². The molecule has 1 aliphatic carbocycles. The number of carbonyl (C=O) groups excluding carboxylic acids is 1. The van der Waals surface area contributed by atoms with Gasteiger partial charge in [0.15, 0.2) is 5.78 Å². The Morgan fingerprint density at radius 3 is 2.29 bits per heavy atom. The van der Waals surface area contributed by atoms with E-state index in [9.17, 15) is 4.79 Å². The van der Waals surface area contributed by atoms with Gasteiger partial charge in [-0.3, -0.25) is 4.79 Å². The number of hydrogen-bond donors (Lipinski definition) is 0. The number of rotatable bonds is 3. The highest BCUT2D eigenvalue weighted by atomic mass is 16.1. The Bertz CT molecular complexity index is 219. The predicted molar refractivity (Wildman–Crippen MR) is 60.2 cm³/mol.